The molecule has 0 fully saturated rings. The lowest BCUT2D eigenvalue weighted by Gasteiger charge is -2.04. The summed E-state index contributed by atoms with van der Waals surface area (Å²) in [7, 11) is 0. The smallest absolute Gasteiger partial charge is 0.277 e. The van der Waals surface area contributed by atoms with Gasteiger partial charge in [0.25, 0.3) is 5.69 Å². The number of nitro benzene ring substituents is 1. The van der Waals surface area contributed by atoms with Crippen molar-refractivity contribution in [2.45, 2.75) is 6.92 Å². The fourth-order valence-corrected chi connectivity index (χ4v) is 2.33. The highest BCUT2D eigenvalue weighted by Gasteiger charge is 2.23. The first-order valence-electron chi connectivity index (χ1n) is 6.44. The quantitative estimate of drug-likeness (QED) is 0.532. The van der Waals surface area contributed by atoms with E-state index >= 15 is 0 Å². The molecule has 0 N–H and O–H groups in total. The molecule has 0 aliphatic rings. The van der Waals surface area contributed by atoms with Crippen molar-refractivity contribution < 1.29 is 9.45 Å². The molecule has 0 aliphatic carbocycles. The van der Waals surface area contributed by atoms with Gasteiger partial charge in [0.2, 0.25) is 0 Å². The van der Waals surface area contributed by atoms with Gasteiger partial charge in [-0.1, -0.05) is 47.6 Å². The summed E-state index contributed by atoms with van der Waals surface area (Å²) in [6.45, 7) is 1.76. The van der Waals surface area contributed by atoms with Crippen LogP contribution in [-0.4, -0.2) is 10.1 Å². The minimum atomic E-state index is -0.392. The predicted molar refractivity (Wildman–Crippen MR) is 78.8 cm³/mol. The number of rotatable bonds is 3. The molecule has 0 unspecified atom stereocenters. The molecule has 3 rings (SSSR count). The molecule has 0 atom stereocenters. The molecular formula is C16H12N2O3. The molecule has 0 aliphatic heterocycles. The molecule has 21 heavy (non-hydrogen) atoms. The number of hydrogen-bond donors (Lipinski definition) is 0. The highest BCUT2D eigenvalue weighted by atomic mass is 16.6. The van der Waals surface area contributed by atoms with Gasteiger partial charge in [0.05, 0.1) is 16.1 Å². The van der Waals surface area contributed by atoms with Crippen LogP contribution in [0.1, 0.15) is 5.76 Å². The molecule has 0 amide bonds. The molecule has 1 heterocycles. The summed E-state index contributed by atoms with van der Waals surface area (Å²) in [5, 5.41) is 15.3. The molecule has 2 aromatic carbocycles. The lowest BCUT2D eigenvalue weighted by atomic mass is 9.98. The molecule has 5 nitrogen and oxygen atoms in total. The highest BCUT2D eigenvalue weighted by Crippen LogP contribution is 2.38. The molecule has 0 saturated carbocycles. The zero-order chi connectivity index (χ0) is 14.8. The Morgan fingerprint density at radius 3 is 2.43 bits per heavy atom. The SMILES string of the molecule is Cc1onc(-c2ccccc2)c1-c1ccccc1[N+](=O)[O-]. The number of hydrogen-bond acceptors (Lipinski definition) is 4. The molecule has 1 aromatic heterocycles. The largest absolute Gasteiger partial charge is 0.360 e. The van der Waals surface area contributed by atoms with Crippen molar-refractivity contribution >= 4 is 5.69 Å². The van der Waals surface area contributed by atoms with Crippen LogP contribution in [0, 0.1) is 17.0 Å². The van der Waals surface area contributed by atoms with Crippen molar-refractivity contribution in [3.63, 3.8) is 0 Å². The van der Waals surface area contributed by atoms with Gasteiger partial charge in [0, 0.05) is 11.6 Å². The summed E-state index contributed by atoms with van der Waals surface area (Å²) in [6, 6.07) is 16.1. The molecule has 5 heteroatoms. The lowest BCUT2D eigenvalue weighted by molar-refractivity contribution is -0.384. The van der Waals surface area contributed by atoms with Crippen LogP contribution in [0.25, 0.3) is 22.4 Å². The van der Waals surface area contributed by atoms with E-state index in [-0.39, 0.29) is 5.69 Å². The first kappa shape index (κ1) is 13.1. The van der Waals surface area contributed by atoms with E-state index in [4.69, 9.17) is 4.52 Å². The third kappa shape index (κ3) is 2.29. The molecule has 104 valence electrons. The number of nitrogens with zero attached hydrogens (tertiary/aromatic N) is 2. The zero-order valence-electron chi connectivity index (χ0n) is 11.3. The predicted octanol–water partition coefficient (Wildman–Crippen LogP) is 4.23. The molecule has 0 saturated heterocycles. The van der Waals surface area contributed by atoms with Crippen LogP contribution in [0.3, 0.4) is 0 Å². The van der Waals surface area contributed by atoms with E-state index in [0.717, 1.165) is 5.56 Å². The van der Waals surface area contributed by atoms with Crippen LogP contribution in [0.2, 0.25) is 0 Å². The maximum atomic E-state index is 11.2. The van der Waals surface area contributed by atoms with Gasteiger partial charge in [0.1, 0.15) is 11.5 Å². The van der Waals surface area contributed by atoms with Crippen molar-refractivity contribution in [2.75, 3.05) is 0 Å². The molecule has 3 aromatic rings. The van der Waals surface area contributed by atoms with E-state index in [1.54, 1.807) is 25.1 Å². The number of benzene rings is 2. The van der Waals surface area contributed by atoms with Gasteiger partial charge >= 0.3 is 0 Å². The fraction of sp³-hybridized carbons (Fsp3) is 0.0625. The van der Waals surface area contributed by atoms with E-state index in [1.165, 1.54) is 6.07 Å². The third-order valence-corrected chi connectivity index (χ3v) is 3.28. The topological polar surface area (TPSA) is 69.2 Å². The summed E-state index contributed by atoms with van der Waals surface area (Å²) >= 11 is 0. The standard InChI is InChI=1S/C16H12N2O3/c1-11-15(13-9-5-6-10-14(13)18(19)20)16(17-21-11)12-7-3-2-4-8-12/h2-10H,1H3. The van der Waals surface area contributed by atoms with Crippen LogP contribution in [-0.2, 0) is 0 Å². The minimum Gasteiger partial charge on any atom is -0.360 e. The van der Waals surface area contributed by atoms with Gasteiger partial charge in [-0.25, -0.2) is 0 Å². The second-order valence-corrected chi connectivity index (χ2v) is 4.60. The molecule has 0 bridgehead atoms. The van der Waals surface area contributed by atoms with Crippen molar-refractivity contribution in [2.24, 2.45) is 0 Å². The third-order valence-electron chi connectivity index (χ3n) is 3.28. The summed E-state index contributed by atoms with van der Waals surface area (Å²) in [6.07, 6.45) is 0. The van der Waals surface area contributed by atoms with Gasteiger partial charge in [0.15, 0.2) is 0 Å². The Balaban J connectivity index is 2.25. The number of aromatic nitrogens is 1. The van der Waals surface area contributed by atoms with Crippen LogP contribution < -0.4 is 0 Å². The highest BCUT2D eigenvalue weighted by molar-refractivity contribution is 5.86. The van der Waals surface area contributed by atoms with Gasteiger partial charge < -0.3 is 4.52 Å². The monoisotopic (exact) mass is 280 g/mol. The maximum absolute atomic E-state index is 11.2. The Morgan fingerprint density at radius 1 is 1.05 bits per heavy atom. The van der Waals surface area contributed by atoms with Gasteiger partial charge in [-0.05, 0) is 13.0 Å². The van der Waals surface area contributed by atoms with Crippen molar-refractivity contribution in [3.8, 4) is 22.4 Å². The second-order valence-electron chi connectivity index (χ2n) is 4.60. The number of aryl methyl sites for hydroxylation is 1. The van der Waals surface area contributed by atoms with Gasteiger partial charge in [-0.3, -0.25) is 10.1 Å². The van der Waals surface area contributed by atoms with Gasteiger partial charge in [-0.2, -0.15) is 0 Å². The zero-order valence-corrected chi connectivity index (χ0v) is 11.3. The number of nitro groups is 1. The summed E-state index contributed by atoms with van der Waals surface area (Å²) < 4.78 is 5.27. The molecular weight excluding hydrogens is 268 g/mol. The average Bonchev–Trinajstić information content (AvgIpc) is 2.89. The lowest BCUT2D eigenvalue weighted by Crippen LogP contribution is -1.93. The van der Waals surface area contributed by atoms with E-state index in [9.17, 15) is 10.1 Å². The van der Waals surface area contributed by atoms with E-state index in [1.807, 2.05) is 30.3 Å². The molecule has 0 spiro atoms. The van der Waals surface area contributed by atoms with Crippen molar-refractivity contribution in [1.82, 2.24) is 5.16 Å². The Hall–Kier alpha value is -2.95. The summed E-state index contributed by atoms with van der Waals surface area (Å²) in [4.78, 5) is 10.8. The van der Waals surface area contributed by atoms with Crippen LogP contribution >= 0.6 is 0 Å². The van der Waals surface area contributed by atoms with Crippen molar-refractivity contribution in [1.29, 1.82) is 0 Å². The Kier molecular flexibility index (Phi) is 3.23. The molecule has 0 radical (unpaired) electrons. The Labute approximate surface area is 121 Å². The first-order valence-corrected chi connectivity index (χ1v) is 6.44. The number of para-hydroxylation sites is 1. The minimum absolute atomic E-state index is 0.0426. The Morgan fingerprint density at radius 2 is 1.71 bits per heavy atom. The average molecular weight is 280 g/mol. The van der Waals surface area contributed by atoms with E-state index in [2.05, 4.69) is 5.16 Å². The van der Waals surface area contributed by atoms with E-state index < -0.39 is 4.92 Å². The maximum Gasteiger partial charge on any atom is 0.277 e. The normalized spacial score (nSPS) is 10.5. The van der Waals surface area contributed by atoms with Gasteiger partial charge in [-0.15, -0.1) is 0 Å². The second kappa shape index (κ2) is 5.20. The summed E-state index contributed by atoms with van der Waals surface area (Å²) in [5.74, 6) is 0.558. The fourth-order valence-electron chi connectivity index (χ4n) is 2.33. The van der Waals surface area contributed by atoms with Crippen LogP contribution in [0.15, 0.2) is 59.1 Å². The Bertz CT molecular complexity index is 794. The summed E-state index contributed by atoms with van der Waals surface area (Å²) in [5.41, 5.74) is 2.69. The van der Waals surface area contributed by atoms with E-state index in [0.29, 0.717) is 22.6 Å². The van der Waals surface area contributed by atoms with Crippen molar-refractivity contribution in [3.05, 3.63) is 70.5 Å². The van der Waals surface area contributed by atoms with Crippen LogP contribution in [0.5, 0.6) is 0 Å². The first-order chi connectivity index (χ1) is 10.2. The van der Waals surface area contributed by atoms with Crippen LogP contribution in [0.4, 0.5) is 5.69 Å².